The molecule has 4 aromatic carbocycles. The van der Waals surface area contributed by atoms with Gasteiger partial charge in [0.05, 0.1) is 17.1 Å². The van der Waals surface area contributed by atoms with E-state index in [1.807, 2.05) is 66.7 Å². The Morgan fingerprint density at radius 3 is 2.08 bits per heavy atom. The molecule has 2 heterocycles. The van der Waals surface area contributed by atoms with Crippen LogP contribution in [0.5, 0.6) is 11.5 Å². The number of aromatic hydroxyl groups is 1. The number of hydrogen-bond donors (Lipinski definition) is 6. The summed E-state index contributed by atoms with van der Waals surface area (Å²) in [5.41, 5.74) is 1.50. The Bertz CT molecular complexity index is 1840. The zero-order valence-electron chi connectivity index (χ0n) is 26.4. The number of carboxylic acid groups (broad SMARTS) is 1. The molecule has 11 nitrogen and oxygen atoms in total. The predicted octanol–water partition coefficient (Wildman–Crippen LogP) is 3.87. The highest BCUT2D eigenvalue weighted by Gasteiger charge is 2.64. The second-order valence-electron chi connectivity index (χ2n) is 13.1. The number of hydrogen-bond acceptors (Lipinski definition) is 9. The van der Waals surface area contributed by atoms with Gasteiger partial charge in [0, 0.05) is 11.3 Å². The van der Waals surface area contributed by atoms with E-state index >= 15 is 0 Å². The number of rotatable bonds is 7. The van der Waals surface area contributed by atoms with Crippen molar-refractivity contribution in [1.82, 2.24) is 0 Å². The van der Waals surface area contributed by atoms with Crippen molar-refractivity contribution in [1.29, 1.82) is 0 Å². The van der Waals surface area contributed by atoms with Crippen molar-refractivity contribution in [2.45, 2.75) is 68.0 Å². The lowest BCUT2D eigenvalue weighted by atomic mass is 9.56. The van der Waals surface area contributed by atoms with Crippen LogP contribution >= 0.6 is 0 Å². The lowest BCUT2D eigenvalue weighted by Gasteiger charge is -2.59. The molecule has 2 aliphatic heterocycles. The number of para-hydroxylation sites is 1. The van der Waals surface area contributed by atoms with Crippen LogP contribution in [0.2, 0.25) is 0 Å². The molecule has 1 amide bonds. The summed E-state index contributed by atoms with van der Waals surface area (Å²) in [6.07, 6.45) is -7.06. The molecule has 49 heavy (non-hydrogen) atoms. The van der Waals surface area contributed by atoms with E-state index in [4.69, 9.17) is 9.47 Å². The van der Waals surface area contributed by atoms with E-state index in [0.29, 0.717) is 42.4 Å². The number of aliphatic hydroxyl groups is 4. The molecule has 1 aliphatic carbocycles. The molecule has 1 saturated carbocycles. The molecular weight excluding hydrogens is 630 g/mol. The van der Waals surface area contributed by atoms with Gasteiger partial charge in [-0.25, -0.2) is 4.79 Å². The molecule has 4 aromatic rings. The summed E-state index contributed by atoms with van der Waals surface area (Å²) >= 11 is 0. The van der Waals surface area contributed by atoms with E-state index in [9.17, 15) is 40.2 Å². The summed E-state index contributed by atoms with van der Waals surface area (Å²) in [7, 11) is 0. The molecule has 254 valence electrons. The fourth-order valence-corrected chi connectivity index (χ4v) is 7.57. The van der Waals surface area contributed by atoms with Gasteiger partial charge in [0.2, 0.25) is 12.2 Å². The van der Waals surface area contributed by atoms with Crippen LogP contribution in [0.25, 0.3) is 11.1 Å². The molecular formula is C38H37NO10. The SMILES string of the molecule is O=C(O)C1O[C@@H](Oc2cccc(-c3ccc([C@H]4N(c5ccccc5)C(=O)C45CCC(O)(c4ccccc4)CC5)c(O)c3)c2)C(O)[C@@H](O)[C@H]1O. The molecule has 0 bridgehead atoms. The number of anilines is 1. The fraction of sp³-hybridized carbons (Fsp3) is 0.316. The average Bonchev–Trinajstić information content (AvgIpc) is 3.12. The van der Waals surface area contributed by atoms with Crippen LogP contribution in [0, 0.1) is 5.41 Å². The number of ether oxygens (including phenoxy) is 2. The normalized spacial score (nSPS) is 31.3. The smallest absolute Gasteiger partial charge is 0.335 e. The third-order valence-corrected chi connectivity index (χ3v) is 10.3. The minimum atomic E-state index is -1.84. The van der Waals surface area contributed by atoms with Gasteiger partial charge < -0.3 is 45.0 Å². The van der Waals surface area contributed by atoms with Crippen LogP contribution < -0.4 is 9.64 Å². The van der Waals surface area contributed by atoms with Crippen molar-refractivity contribution < 1.29 is 49.7 Å². The number of phenolic OH excluding ortho intramolecular Hbond substituents is 1. The maximum Gasteiger partial charge on any atom is 0.335 e. The molecule has 11 heteroatoms. The quantitative estimate of drug-likeness (QED) is 0.159. The number of aliphatic hydroxyl groups excluding tert-OH is 3. The minimum absolute atomic E-state index is 0.0158. The molecule has 0 radical (unpaired) electrons. The second kappa shape index (κ2) is 12.6. The third kappa shape index (κ3) is 5.63. The van der Waals surface area contributed by atoms with E-state index < -0.39 is 53.7 Å². The van der Waals surface area contributed by atoms with E-state index in [1.54, 1.807) is 41.3 Å². The number of aliphatic carboxylic acids is 1. The third-order valence-electron chi connectivity index (χ3n) is 10.3. The number of carbonyl (C=O) groups excluding carboxylic acids is 1. The molecule has 0 aromatic heterocycles. The maximum atomic E-state index is 14.0. The van der Waals surface area contributed by atoms with Crippen LogP contribution in [0.3, 0.4) is 0 Å². The van der Waals surface area contributed by atoms with Crippen LogP contribution in [-0.2, 0) is 19.9 Å². The zero-order chi connectivity index (χ0) is 34.5. The van der Waals surface area contributed by atoms with Gasteiger partial charge in [-0.05, 0) is 72.7 Å². The molecule has 3 fully saturated rings. The molecule has 6 atom stereocenters. The van der Waals surface area contributed by atoms with Crippen LogP contribution in [0.1, 0.15) is 42.9 Å². The first-order valence-electron chi connectivity index (χ1n) is 16.2. The number of amides is 1. The van der Waals surface area contributed by atoms with Crippen molar-refractivity contribution in [3.63, 3.8) is 0 Å². The molecule has 2 saturated heterocycles. The lowest BCUT2D eigenvalue weighted by Crippen LogP contribution is -2.65. The van der Waals surface area contributed by atoms with E-state index in [2.05, 4.69) is 0 Å². The van der Waals surface area contributed by atoms with E-state index in [-0.39, 0.29) is 17.4 Å². The molecule has 6 N–H and O–H groups in total. The van der Waals surface area contributed by atoms with Crippen LogP contribution in [0.4, 0.5) is 5.69 Å². The summed E-state index contributed by atoms with van der Waals surface area (Å²) in [6, 6.07) is 30.2. The number of carbonyl (C=O) groups is 2. The van der Waals surface area contributed by atoms with Crippen molar-refractivity contribution in [3.05, 3.63) is 114 Å². The fourth-order valence-electron chi connectivity index (χ4n) is 7.57. The average molecular weight is 668 g/mol. The highest BCUT2D eigenvalue weighted by molar-refractivity contribution is 6.06. The number of nitrogens with zero attached hydrogens (tertiary/aromatic N) is 1. The van der Waals surface area contributed by atoms with Gasteiger partial charge in [0.15, 0.2) is 6.10 Å². The molecule has 2 unspecified atom stereocenters. The van der Waals surface area contributed by atoms with E-state index in [1.165, 1.54) is 0 Å². The lowest BCUT2D eigenvalue weighted by molar-refractivity contribution is -0.271. The Labute approximate surface area is 282 Å². The Kier molecular flexibility index (Phi) is 8.42. The number of phenols is 1. The van der Waals surface area contributed by atoms with Crippen molar-refractivity contribution in [3.8, 4) is 22.6 Å². The first kappa shape index (κ1) is 32.8. The van der Waals surface area contributed by atoms with Gasteiger partial charge in [-0.1, -0.05) is 72.8 Å². The first-order chi connectivity index (χ1) is 23.5. The second-order valence-corrected chi connectivity index (χ2v) is 13.1. The van der Waals surface area contributed by atoms with Gasteiger partial charge in [-0.3, -0.25) is 4.79 Å². The van der Waals surface area contributed by atoms with Crippen LogP contribution in [0.15, 0.2) is 103 Å². The molecule has 3 aliphatic rings. The van der Waals surface area contributed by atoms with Gasteiger partial charge in [0.1, 0.15) is 29.8 Å². The largest absolute Gasteiger partial charge is 0.508 e. The number of β-lactam (4-membered cyclic amide) rings is 1. The van der Waals surface area contributed by atoms with Gasteiger partial charge in [-0.15, -0.1) is 0 Å². The van der Waals surface area contributed by atoms with Crippen molar-refractivity contribution >= 4 is 17.6 Å². The Morgan fingerprint density at radius 1 is 0.776 bits per heavy atom. The first-order valence-corrected chi connectivity index (χ1v) is 16.2. The Hall–Kier alpha value is -4.78. The number of benzene rings is 4. The molecule has 1 spiro atoms. The monoisotopic (exact) mass is 667 g/mol. The summed E-state index contributed by atoms with van der Waals surface area (Å²) in [5, 5.41) is 63.0. The Morgan fingerprint density at radius 2 is 1.43 bits per heavy atom. The van der Waals surface area contributed by atoms with Crippen LogP contribution in [-0.4, -0.2) is 73.2 Å². The van der Waals surface area contributed by atoms with Crippen molar-refractivity contribution in [2.24, 2.45) is 5.41 Å². The summed E-state index contributed by atoms with van der Waals surface area (Å²) < 4.78 is 11.0. The highest BCUT2D eigenvalue weighted by atomic mass is 16.7. The predicted molar refractivity (Wildman–Crippen MR) is 176 cm³/mol. The van der Waals surface area contributed by atoms with Gasteiger partial charge >= 0.3 is 5.97 Å². The standard InChI is InChI=1S/C38H37NO10/c40-28-21-23(22-8-7-13-26(20-22)48-35-31(43)29(41)30(42)32(49-35)34(44)45)14-15-27(28)33-37(36(46)39(33)25-11-5-2-6-12-25)16-18-38(47,19-17-37)24-9-3-1-4-10-24/h1-15,20-21,29-33,35,40-43,47H,16-19H2,(H,44,45)/t29-,30+,31?,32?,33+,35+,37?,38?/m0/s1. The van der Waals surface area contributed by atoms with E-state index in [0.717, 1.165) is 11.3 Å². The topological polar surface area (TPSA) is 177 Å². The summed E-state index contributed by atoms with van der Waals surface area (Å²) in [6.45, 7) is 0. The summed E-state index contributed by atoms with van der Waals surface area (Å²) in [4.78, 5) is 27.3. The summed E-state index contributed by atoms with van der Waals surface area (Å²) in [5.74, 6) is -1.39. The highest BCUT2D eigenvalue weighted by Crippen LogP contribution is 2.62. The zero-order valence-corrected chi connectivity index (χ0v) is 26.4. The van der Waals surface area contributed by atoms with Crippen molar-refractivity contribution in [2.75, 3.05) is 4.90 Å². The molecule has 7 rings (SSSR count). The minimum Gasteiger partial charge on any atom is -0.508 e. The van der Waals surface area contributed by atoms with Gasteiger partial charge in [-0.2, -0.15) is 0 Å². The maximum absolute atomic E-state index is 14.0. The Balaban J connectivity index is 1.16. The number of carboxylic acids is 1. The van der Waals surface area contributed by atoms with Gasteiger partial charge in [0.25, 0.3) is 0 Å².